The molecule has 5 heteroatoms. The fourth-order valence-electron chi connectivity index (χ4n) is 2.07. The maximum absolute atomic E-state index is 12.3. The van der Waals surface area contributed by atoms with E-state index in [0.717, 1.165) is 18.0 Å². The van der Waals surface area contributed by atoms with Crippen molar-refractivity contribution in [3.8, 4) is 0 Å². The number of thiazole rings is 1. The molecule has 0 saturated heterocycles. The highest BCUT2D eigenvalue weighted by molar-refractivity contribution is 7.09. The molecule has 0 unspecified atom stereocenters. The number of hydrogen-bond acceptors (Lipinski definition) is 4. The molecule has 1 amide bonds. The lowest BCUT2D eigenvalue weighted by molar-refractivity contribution is -0.135. The minimum Gasteiger partial charge on any atom is -0.344 e. The SMILES string of the molecule is CC[C@@H](C(=O)N(C)C[C@H](C)c1nccs1)N(C)C. The van der Waals surface area contributed by atoms with Crippen LogP contribution in [-0.2, 0) is 4.79 Å². The van der Waals surface area contributed by atoms with E-state index in [2.05, 4.69) is 11.9 Å². The predicted octanol–water partition coefficient (Wildman–Crippen LogP) is 2.05. The van der Waals surface area contributed by atoms with Crippen molar-refractivity contribution in [2.24, 2.45) is 0 Å². The van der Waals surface area contributed by atoms with Crippen LogP contribution in [0.15, 0.2) is 11.6 Å². The van der Waals surface area contributed by atoms with Crippen LogP contribution in [0, 0.1) is 0 Å². The Labute approximate surface area is 114 Å². The zero-order valence-corrected chi connectivity index (χ0v) is 12.7. The Morgan fingerprint density at radius 1 is 1.44 bits per heavy atom. The third-order valence-electron chi connectivity index (χ3n) is 3.09. The maximum atomic E-state index is 12.3. The number of amides is 1. The summed E-state index contributed by atoms with van der Waals surface area (Å²) in [4.78, 5) is 20.4. The minimum atomic E-state index is -0.0292. The molecule has 0 fully saturated rings. The Kier molecular flexibility index (Phi) is 5.75. The van der Waals surface area contributed by atoms with Gasteiger partial charge in [-0.15, -0.1) is 11.3 Å². The summed E-state index contributed by atoms with van der Waals surface area (Å²) >= 11 is 1.65. The van der Waals surface area contributed by atoms with Gasteiger partial charge in [0.25, 0.3) is 0 Å². The molecular weight excluding hydrogens is 246 g/mol. The molecule has 0 aliphatic heterocycles. The summed E-state index contributed by atoms with van der Waals surface area (Å²) in [6, 6.07) is -0.0292. The zero-order valence-electron chi connectivity index (χ0n) is 11.9. The van der Waals surface area contributed by atoms with E-state index in [0.29, 0.717) is 5.92 Å². The van der Waals surface area contributed by atoms with Gasteiger partial charge in [0.1, 0.15) is 0 Å². The Bertz CT molecular complexity index is 364. The van der Waals surface area contributed by atoms with Crippen molar-refractivity contribution in [3.05, 3.63) is 16.6 Å². The molecule has 0 N–H and O–H groups in total. The van der Waals surface area contributed by atoms with E-state index >= 15 is 0 Å². The van der Waals surface area contributed by atoms with Crippen molar-refractivity contribution in [1.29, 1.82) is 0 Å². The van der Waals surface area contributed by atoms with Crippen molar-refractivity contribution < 1.29 is 4.79 Å². The van der Waals surface area contributed by atoms with Crippen LogP contribution in [0.4, 0.5) is 0 Å². The fourth-order valence-corrected chi connectivity index (χ4v) is 2.76. The van der Waals surface area contributed by atoms with Gasteiger partial charge in [-0.1, -0.05) is 13.8 Å². The number of nitrogens with zero attached hydrogens (tertiary/aromatic N) is 3. The van der Waals surface area contributed by atoms with Gasteiger partial charge in [0.15, 0.2) is 0 Å². The molecule has 18 heavy (non-hydrogen) atoms. The van der Waals surface area contributed by atoms with Crippen molar-refractivity contribution in [1.82, 2.24) is 14.8 Å². The lowest BCUT2D eigenvalue weighted by Crippen LogP contribution is -2.45. The van der Waals surface area contributed by atoms with Crippen molar-refractivity contribution >= 4 is 17.2 Å². The number of hydrogen-bond donors (Lipinski definition) is 0. The number of aromatic nitrogens is 1. The van der Waals surface area contributed by atoms with E-state index in [1.54, 1.807) is 11.3 Å². The molecule has 1 rings (SSSR count). The van der Waals surface area contributed by atoms with Gasteiger partial charge in [-0.3, -0.25) is 9.69 Å². The van der Waals surface area contributed by atoms with E-state index in [4.69, 9.17) is 0 Å². The van der Waals surface area contributed by atoms with Gasteiger partial charge in [-0.05, 0) is 20.5 Å². The lowest BCUT2D eigenvalue weighted by Gasteiger charge is -2.28. The van der Waals surface area contributed by atoms with Crippen LogP contribution in [0.1, 0.15) is 31.2 Å². The average Bonchev–Trinajstić information content (AvgIpc) is 2.82. The van der Waals surface area contributed by atoms with Crippen LogP contribution < -0.4 is 0 Å². The van der Waals surface area contributed by atoms with Gasteiger partial charge in [0.05, 0.1) is 11.0 Å². The Morgan fingerprint density at radius 2 is 2.11 bits per heavy atom. The monoisotopic (exact) mass is 269 g/mol. The first kappa shape index (κ1) is 15.1. The van der Waals surface area contributed by atoms with Gasteiger partial charge in [0, 0.05) is 31.1 Å². The molecule has 0 radical (unpaired) electrons. The highest BCUT2D eigenvalue weighted by Crippen LogP contribution is 2.19. The summed E-state index contributed by atoms with van der Waals surface area (Å²) in [6.45, 7) is 4.87. The molecule has 0 aliphatic carbocycles. The Balaban J connectivity index is 2.59. The second-order valence-corrected chi connectivity index (χ2v) is 5.80. The van der Waals surface area contributed by atoms with Crippen LogP contribution in [0.25, 0.3) is 0 Å². The molecule has 0 spiro atoms. The van der Waals surface area contributed by atoms with Gasteiger partial charge in [-0.2, -0.15) is 0 Å². The summed E-state index contributed by atoms with van der Waals surface area (Å²) in [5.41, 5.74) is 0. The summed E-state index contributed by atoms with van der Waals surface area (Å²) in [5.74, 6) is 0.476. The molecule has 102 valence electrons. The Hall–Kier alpha value is -0.940. The molecule has 0 bridgehead atoms. The van der Waals surface area contributed by atoms with Crippen LogP contribution in [0.2, 0.25) is 0 Å². The predicted molar refractivity (Wildman–Crippen MR) is 75.9 cm³/mol. The van der Waals surface area contributed by atoms with E-state index in [1.165, 1.54) is 0 Å². The van der Waals surface area contributed by atoms with E-state index in [1.807, 2.05) is 49.4 Å². The van der Waals surface area contributed by atoms with Crippen LogP contribution in [-0.4, -0.2) is 54.4 Å². The molecule has 4 nitrogen and oxygen atoms in total. The topological polar surface area (TPSA) is 36.4 Å². The second kappa shape index (κ2) is 6.85. The number of likely N-dealkylation sites (N-methyl/N-ethyl adjacent to an activating group) is 2. The van der Waals surface area contributed by atoms with Crippen molar-refractivity contribution in [2.45, 2.75) is 32.2 Å². The molecule has 0 saturated carbocycles. The molecule has 1 heterocycles. The molecule has 2 atom stereocenters. The highest BCUT2D eigenvalue weighted by atomic mass is 32.1. The highest BCUT2D eigenvalue weighted by Gasteiger charge is 2.23. The fraction of sp³-hybridized carbons (Fsp3) is 0.692. The van der Waals surface area contributed by atoms with Crippen LogP contribution in [0.5, 0.6) is 0 Å². The number of carbonyl (C=O) groups is 1. The third kappa shape index (κ3) is 3.78. The molecular formula is C13H23N3OS. The summed E-state index contributed by atoms with van der Waals surface area (Å²) in [6.07, 6.45) is 2.65. The normalized spacial score (nSPS) is 14.6. The van der Waals surface area contributed by atoms with E-state index in [-0.39, 0.29) is 11.9 Å². The zero-order chi connectivity index (χ0) is 13.7. The molecule has 1 aromatic rings. The Morgan fingerprint density at radius 3 is 2.56 bits per heavy atom. The summed E-state index contributed by atoms with van der Waals surface area (Å²) in [7, 11) is 5.77. The second-order valence-electron chi connectivity index (χ2n) is 4.88. The van der Waals surface area contributed by atoms with Gasteiger partial charge >= 0.3 is 0 Å². The van der Waals surface area contributed by atoms with Crippen LogP contribution in [0.3, 0.4) is 0 Å². The van der Waals surface area contributed by atoms with Crippen molar-refractivity contribution in [3.63, 3.8) is 0 Å². The smallest absolute Gasteiger partial charge is 0.239 e. The first-order chi connectivity index (χ1) is 8.47. The first-order valence-corrected chi connectivity index (χ1v) is 7.16. The number of rotatable bonds is 6. The molecule has 0 aromatic carbocycles. The van der Waals surface area contributed by atoms with Crippen LogP contribution >= 0.6 is 11.3 Å². The van der Waals surface area contributed by atoms with Gasteiger partial charge in [-0.25, -0.2) is 4.98 Å². The van der Waals surface area contributed by atoms with Gasteiger partial charge < -0.3 is 4.90 Å². The average molecular weight is 269 g/mol. The summed E-state index contributed by atoms with van der Waals surface area (Å²) < 4.78 is 0. The third-order valence-corrected chi connectivity index (χ3v) is 4.10. The van der Waals surface area contributed by atoms with Crippen molar-refractivity contribution in [2.75, 3.05) is 27.7 Å². The summed E-state index contributed by atoms with van der Waals surface area (Å²) in [5, 5.41) is 3.06. The maximum Gasteiger partial charge on any atom is 0.239 e. The minimum absolute atomic E-state index is 0.0292. The largest absolute Gasteiger partial charge is 0.344 e. The quantitative estimate of drug-likeness (QED) is 0.793. The van der Waals surface area contributed by atoms with E-state index < -0.39 is 0 Å². The van der Waals surface area contributed by atoms with E-state index in [9.17, 15) is 4.79 Å². The standard InChI is InChI=1S/C13H23N3OS/c1-6-11(15(3)4)13(17)16(5)9-10(2)12-14-7-8-18-12/h7-8,10-11H,6,9H2,1-5H3/t10-,11-/m0/s1. The lowest BCUT2D eigenvalue weighted by atomic mass is 10.1. The number of carbonyl (C=O) groups excluding carboxylic acids is 1. The first-order valence-electron chi connectivity index (χ1n) is 6.28. The molecule has 1 aromatic heterocycles. The molecule has 0 aliphatic rings. The van der Waals surface area contributed by atoms with Gasteiger partial charge in [0.2, 0.25) is 5.91 Å².